The third-order valence-corrected chi connectivity index (χ3v) is 4.36. The smallest absolute Gasteiger partial charge is 0.222 e. The van der Waals surface area contributed by atoms with Gasteiger partial charge in [0, 0.05) is 38.9 Å². The van der Waals surface area contributed by atoms with Gasteiger partial charge in [0.25, 0.3) is 0 Å². The first-order valence-electron chi connectivity index (χ1n) is 8.65. The number of hydrogen-bond acceptors (Lipinski definition) is 4. The minimum atomic E-state index is -0.0394. The van der Waals surface area contributed by atoms with E-state index in [1.165, 1.54) is 0 Å². The topological polar surface area (TPSA) is 67.9 Å². The van der Waals surface area contributed by atoms with E-state index in [9.17, 15) is 9.59 Å². The number of likely N-dealkylation sites (tertiary alicyclic amines) is 1. The van der Waals surface area contributed by atoms with Crippen LogP contribution < -0.4 is 14.8 Å². The number of fused-ring (bicyclic) bond motifs is 1. The molecule has 0 radical (unpaired) electrons. The Hall–Kier alpha value is -2.24. The van der Waals surface area contributed by atoms with Crippen LogP contribution in [0.2, 0.25) is 0 Å². The summed E-state index contributed by atoms with van der Waals surface area (Å²) in [5.74, 6) is 1.77. The van der Waals surface area contributed by atoms with Gasteiger partial charge in [-0.05, 0) is 25.0 Å². The largest absolute Gasteiger partial charge is 0.486 e. The van der Waals surface area contributed by atoms with Crippen molar-refractivity contribution >= 4 is 11.8 Å². The second-order valence-corrected chi connectivity index (χ2v) is 6.22. The molecule has 1 N–H and O–H groups in total. The molecule has 0 bridgehead atoms. The predicted octanol–water partition coefficient (Wildman–Crippen LogP) is 1.74. The van der Waals surface area contributed by atoms with Crippen LogP contribution in [0.15, 0.2) is 24.3 Å². The Morgan fingerprint density at radius 1 is 1.29 bits per heavy atom. The second kappa shape index (κ2) is 8.04. The van der Waals surface area contributed by atoms with Crippen LogP contribution in [0.3, 0.4) is 0 Å². The fraction of sp³-hybridized carbons (Fsp3) is 0.556. The zero-order chi connectivity index (χ0) is 16.8. The molecule has 2 heterocycles. The third kappa shape index (κ3) is 4.40. The molecule has 1 unspecified atom stereocenters. The van der Waals surface area contributed by atoms with Gasteiger partial charge in [-0.3, -0.25) is 9.59 Å². The van der Waals surface area contributed by atoms with Crippen LogP contribution in [0.25, 0.3) is 0 Å². The molecule has 0 spiro atoms. The zero-order valence-electron chi connectivity index (χ0n) is 13.8. The number of amides is 2. The summed E-state index contributed by atoms with van der Waals surface area (Å²) in [5, 5.41) is 2.91. The number of hydrogen-bond donors (Lipinski definition) is 1. The zero-order valence-corrected chi connectivity index (χ0v) is 13.8. The van der Waals surface area contributed by atoms with Crippen molar-refractivity contribution < 1.29 is 19.1 Å². The maximum atomic E-state index is 11.9. The maximum absolute atomic E-state index is 11.9. The molecule has 2 aliphatic rings. The lowest BCUT2D eigenvalue weighted by Gasteiger charge is -2.26. The van der Waals surface area contributed by atoms with Crippen molar-refractivity contribution in [3.8, 4) is 11.5 Å². The molecule has 0 aromatic heterocycles. The Bertz CT molecular complexity index is 590. The molecule has 1 aromatic carbocycles. The average molecular weight is 332 g/mol. The molecule has 2 aliphatic heterocycles. The number of benzene rings is 1. The highest BCUT2D eigenvalue weighted by Gasteiger charge is 2.21. The Balaban J connectivity index is 1.29. The molecule has 24 heavy (non-hydrogen) atoms. The number of para-hydroxylation sites is 2. The molecule has 1 saturated heterocycles. The summed E-state index contributed by atoms with van der Waals surface area (Å²) in [6, 6.07) is 7.61. The van der Waals surface area contributed by atoms with Gasteiger partial charge in [0.15, 0.2) is 11.5 Å². The Morgan fingerprint density at radius 2 is 2.12 bits per heavy atom. The fourth-order valence-corrected chi connectivity index (χ4v) is 3.04. The van der Waals surface area contributed by atoms with Crippen molar-refractivity contribution in [2.24, 2.45) is 0 Å². The molecule has 2 amide bonds. The number of nitrogens with zero attached hydrogens (tertiary/aromatic N) is 1. The van der Waals surface area contributed by atoms with Crippen molar-refractivity contribution in [3.05, 3.63) is 24.3 Å². The summed E-state index contributed by atoms with van der Waals surface area (Å²) in [7, 11) is 0. The second-order valence-electron chi connectivity index (χ2n) is 6.22. The van der Waals surface area contributed by atoms with Gasteiger partial charge in [0.2, 0.25) is 11.8 Å². The van der Waals surface area contributed by atoms with E-state index in [1.54, 1.807) is 0 Å². The molecule has 6 heteroatoms. The Labute approximate surface area is 142 Å². The van der Waals surface area contributed by atoms with Crippen LogP contribution in [0.5, 0.6) is 11.5 Å². The lowest BCUT2D eigenvalue weighted by atomic mass is 10.2. The van der Waals surface area contributed by atoms with E-state index < -0.39 is 0 Å². The van der Waals surface area contributed by atoms with Crippen LogP contribution in [0.4, 0.5) is 0 Å². The molecule has 130 valence electrons. The standard InChI is InChI=1S/C18H24N2O4/c21-17(7-3-11-20-12-4-8-18(20)22)19-10-9-14-13-23-15-5-1-2-6-16(15)24-14/h1-2,5-6,14H,3-4,7-13H2,(H,19,21). The molecular weight excluding hydrogens is 308 g/mol. The van der Waals surface area contributed by atoms with Crippen LogP contribution >= 0.6 is 0 Å². The van der Waals surface area contributed by atoms with Crippen LogP contribution in [0.1, 0.15) is 32.1 Å². The minimum absolute atomic E-state index is 0.0266. The molecule has 1 fully saturated rings. The highest BCUT2D eigenvalue weighted by molar-refractivity contribution is 5.78. The van der Waals surface area contributed by atoms with E-state index in [0.29, 0.717) is 45.4 Å². The van der Waals surface area contributed by atoms with Crippen LogP contribution in [-0.4, -0.2) is 49.1 Å². The average Bonchev–Trinajstić information content (AvgIpc) is 3.00. The van der Waals surface area contributed by atoms with Gasteiger partial charge in [-0.15, -0.1) is 0 Å². The number of carbonyl (C=O) groups excluding carboxylic acids is 2. The Morgan fingerprint density at radius 3 is 2.92 bits per heavy atom. The van der Waals surface area contributed by atoms with Crippen molar-refractivity contribution in [2.75, 3.05) is 26.2 Å². The summed E-state index contributed by atoms with van der Waals surface area (Å²) >= 11 is 0. The van der Waals surface area contributed by atoms with Crippen LogP contribution in [-0.2, 0) is 9.59 Å². The number of carbonyl (C=O) groups is 2. The monoisotopic (exact) mass is 332 g/mol. The lowest BCUT2D eigenvalue weighted by molar-refractivity contribution is -0.128. The van der Waals surface area contributed by atoms with E-state index in [4.69, 9.17) is 9.47 Å². The minimum Gasteiger partial charge on any atom is -0.486 e. The van der Waals surface area contributed by atoms with E-state index in [2.05, 4.69) is 5.32 Å². The molecular formula is C18H24N2O4. The highest BCUT2D eigenvalue weighted by Crippen LogP contribution is 2.31. The third-order valence-electron chi connectivity index (χ3n) is 4.36. The number of nitrogens with one attached hydrogen (secondary N) is 1. The van der Waals surface area contributed by atoms with Gasteiger partial charge >= 0.3 is 0 Å². The first-order chi connectivity index (χ1) is 11.7. The Kier molecular flexibility index (Phi) is 5.56. The molecule has 1 atom stereocenters. The fourth-order valence-electron chi connectivity index (χ4n) is 3.04. The van der Waals surface area contributed by atoms with Gasteiger partial charge in [-0.2, -0.15) is 0 Å². The van der Waals surface area contributed by atoms with Gasteiger partial charge in [0.05, 0.1) is 0 Å². The van der Waals surface area contributed by atoms with Gasteiger partial charge in [0.1, 0.15) is 12.7 Å². The summed E-state index contributed by atoms with van der Waals surface area (Å²) in [5.41, 5.74) is 0. The van der Waals surface area contributed by atoms with E-state index in [-0.39, 0.29) is 17.9 Å². The molecule has 1 aromatic rings. The molecule has 3 rings (SSSR count). The van der Waals surface area contributed by atoms with Gasteiger partial charge in [-0.25, -0.2) is 0 Å². The summed E-state index contributed by atoms with van der Waals surface area (Å²) in [6.45, 7) is 2.59. The van der Waals surface area contributed by atoms with Crippen molar-refractivity contribution in [2.45, 2.75) is 38.2 Å². The van der Waals surface area contributed by atoms with E-state index >= 15 is 0 Å². The van der Waals surface area contributed by atoms with Crippen molar-refractivity contribution in [3.63, 3.8) is 0 Å². The van der Waals surface area contributed by atoms with Crippen molar-refractivity contribution in [1.82, 2.24) is 10.2 Å². The van der Waals surface area contributed by atoms with Gasteiger partial charge < -0.3 is 19.7 Å². The quantitative estimate of drug-likeness (QED) is 0.826. The maximum Gasteiger partial charge on any atom is 0.222 e. The van der Waals surface area contributed by atoms with Gasteiger partial charge in [-0.1, -0.05) is 12.1 Å². The predicted molar refractivity (Wildman–Crippen MR) is 89.0 cm³/mol. The first kappa shape index (κ1) is 16.6. The van der Waals surface area contributed by atoms with Crippen LogP contribution in [0, 0.1) is 0 Å². The SMILES string of the molecule is O=C(CCCN1CCCC1=O)NCCC1COc2ccccc2O1. The first-order valence-corrected chi connectivity index (χ1v) is 8.65. The molecule has 6 nitrogen and oxygen atoms in total. The van der Waals surface area contributed by atoms with Crippen molar-refractivity contribution in [1.29, 1.82) is 0 Å². The molecule has 0 aliphatic carbocycles. The van der Waals surface area contributed by atoms with E-state index in [1.807, 2.05) is 29.2 Å². The van der Waals surface area contributed by atoms with E-state index in [0.717, 1.165) is 24.5 Å². The highest BCUT2D eigenvalue weighted by atomic mass is 16.6. The molecule has 0 saturated carbocycles. The normalized spacial score (nSPS) is 19.4. The lowest BCUT2D eigenvalue weighted by Crippen LogP contribution is -2.34. The summed E-state index contributed by atoms with van der Waals surface area (Å²) < 4.78 is 11.5. The number of ether oxygens (including phenoxy) is 2. The number of rotatable bonds is 7. The summed E-state index contributed by atoms with van der Waals surface area (Å²) in [6.07, 6.45) is 3.44. The summed E-state index contributed by atoms with van der Waals surface area (Å²) in [4.78, 5) is 25.2.